The standard InChI is InChI=1S/C16H34N2.BrH/c1-5-7-9-10-12-15(11-8-6-2)13-14-16(17)18(3)4;/h15,17H,5-14H2,1-4H3;1H. The van der Waals surface area contributed by atoms with E-state index in [1.54, 1.807) is 0 Å². The molecule has 0 spiro atoms. The van der Waals surface area contributed by atoms with Gasteiger partial charge in [0.05, 0.1) is 14.1 Å². The first-order chi connectivity index (χ1) is 8.61. The molecular formula is C16H35BrN2. The first-order valence-corrected chi connectivity index (χ1v) is 7.90. The van der Waals surface area contributed by atoms with Gasteiger partial charge in [-0.1, -0.05) is 65.2 Å². The van der Waals surface area contributed by atoms with Crippen molar-refractivity contribution in [1.29, 1.82) is 0 Å². The molecule has 0 aliphatic rings. The molecule has 0 aromatic rings. The van der Waals surface area contributed by atoms with E-state index in [0.717, 1.165) is 18.2 Å². The fourth-order valence-electron chi connectivity index (χ4n) is 2.36. The van der Waals surface area contributed by atoms with Gasteiger partial charge in [0.25, 0.3) is 0 Å². The number of amidine groups is 1. The highest BCUT2D eigenvalue weighted by molar-refractivity contribution is 5.75. The van der Waals surface area contributed by atoms with E-state index in [4.69, 9.17) is 5.73 Å². The van der Waals surface area contributed by atoms with E-state index in [2.05, 4.69) is 13.8 Å². The second-order valence-corrected chi connectivity index (χ2v) is 5.78. The van der Waals surface area contributed by atoms with Crippen LogP contribution in [0.25, 0.3) is 0 Å². The number of hydrogen-bond donors (Lipinski definition) is 1. The smallest absolute Gasteiger partial charge is 0.242 e. The third-order valence-electron chi connectivity index (χ3n) is 3.82. The van der Waals surface area contributed by atoms with E-state index >= 15 is 0 Å². The average Bonchev–Trinajstić information content (AvgIpc) is 2.36. The summed E-state index contributed by atoms with van der Waals surface area (Å²) in [6.07, 6.45) is 13.4. The summed E-state index contributed by atoms with van der Waals surface area (Å²) in [4.78, 5) is 0. The first kappa shape index (κ1) is 21.3. The summed E-state index contributed by atoms with van der Waals surface area (Å²) in [5.74, 6) is 1.92. The van der Waals surface area contributed by atoms with Crippen molar-refractivity contribution in [2.24, 2.45) is 11.7 Å². The zero-order valence-corrected chi connectivity index (χ0v) is 15.1. The lowest BCUT2D eigenvalue weighted by atomic mass is 9.91. The summed E-state index contributed by atoms with van der Waals surface area (Å²) in [5, 5.41) is 0. The van der Waals surface area contributed by atoms with Crippen LogP contribution in [0, 0.1) is 5.92 Å². The molecule has 116 valence electrons. The Hall–Kier alpha value is -0.0500. The van der Waals surface area contributed by atoms with Crippen molar-refractivity contribution < 1.29 is 21.6 Å². The molecule has 0 radical (unpaired) electrons. The van der Waals surface area contributed by atoms with Gasteiger partial charge in [0.1, 0.15) is 0 Å². The summed E-state index contributed by atoms with van der Waals surface area (Å²) < 4.78 is 2.05. The van der Waals surface area contributed by atoms with Crippen molar-refractivity contribution in [2.75, 3.05) is 14.1 Å². The summed E-state index contributed by atoms with van der Waals surface area (Å²) in [7, 11) is 4.08. The number of halogens is 1. The zero-order chi connectivity index (χ0) is 13.8. The van der Waals surface area contributed by atoms with Crippen molar-refractivity contribution in [1.82, 2.24) is 0 Å². The van der Waals surface area contributed by atoms with Crippen molar-refractivity contribution in [3.05, 3.63) is 0 Å². The maximum absolute atomic E-state index is 6.01. The third-order valence-corrected chi connectivity index (χ3v) is 3.82. The molecular weight excluding hydrogens is 300 g/mol. The number of nitrogens with two attached hydrogens (primary N) is 1. The third kappa shape index (κ3) is 12.7. The molecule has 0 saturated carbocycles. The summed E-state index contributed by atoms with van der Waals surface area (Å²) in [5.41, 5.74) is 6.01. The maximum Gasteiger partial charge on any atom is 0.242 e. The van der Waals surface area contributed by atoms with Crippen LogP contribution < -0.4 is 22.7 Å². The second kappa shape index (κ2) is 14.4. The highest BCUT2D eigenvalue weighted by atomic mass is 79.9. The molecule has 1 atom stereocenters. The van der Waals surface area contributed by atoms with Gasteiger partial charge in [0, 0.05) is 6.42 Å². The van der Waals surface area contributed by atoms with E-state index < -0.39 is 0 Å². The topological polar surface area (TPSA) is 29.0 Å². The molecule has 0 amide bonds. The number of nitrogens with zero attached hydrogens (tertiary/aromatic N) is 1. The molecule has 0 aliphatic heterocycles. The van der Waals surface area contributed by atoms with Crippen LogP contribution in [-0.2, 0) is 0 Å². The Bertz CT molecular complexity index is 223. The van der Waals surface area contributed by atoms with Crippen LogP contribution in [0.3, 0.4) is 0 Å². The normalized spacial score (nSPS) is 11.8. The molecule has 0 saturated heterocycles. The Balaban J connectivity index is 0. The highest BCUT2D eigenvalue weighted by Crippen LogP contribution is 2.22. The molecule has 0 heterocycles. The van der Waals surface area contributed by atoms with Crippen LogP contribution in [0.4, 0.5) is 0 Å². The SMILES string of the molecule is CCCCCCC(CCCC)CCC(N)=[N+](C)C.[Br-]. The van der Waals surface area contributed by atoms with Crippen LogP contribution >= 0.6 is 0 Å². The van der Waals surface area contributed by atoms with E-state index in [0.29, 0.717) is 0 Å². The zero-order valence-electron chi connectivity index (χ0n) is 13.6. The van der Waals surface area contributed by atoms with Crippen LogP contribution in [0.1, 0.15) is 78.1 Å². The number of unbranched alkanes of at least 4 members (excludes halogenated alkanes) is 4. The monoisotopic (exact) mass is 334 g/mol. The van der Waals surface area contributed by atoms with Gasteiger partial charge >= 0.3 is 0 Å². The first-order valence-electron chi connectivity index (χ1n) is 7.90. The molecule has 2 N–H and O–H groups in total. The molecule has 3 heteroatoms. The Morgan fingerprint density at radius 2 is 1.47 bits per heavy atom. The molecule has 19 heavy (non-hydrogen) atoms. The molecule has 1 unspecified atom stereocenters. The number of hydrogen-bond acceptors (Lipinski definition) is 0. The molecule has 0 bridgehead atoms. The lowest BCUT2D eigenvalue weighted by Crippen LogP contribution is -3.00. The highest BCUT2D eigenvalue weighted by Gasteiger charge is 2.11. The number of rotatable bonds is 11. The quantitative estimate of drug-likeness (QED) is 0.261. The van der Waals surface area contributed by atoms with Crippen LogP contribution in [0.15, 0.2) is 0 Å². The summed E-state index contributed by atoms with van der Waals surface area (Å²) >= 11 is 0. The van der Waals surface area contributed by atoms with Crippen molar-refractivity contribution >= 4 is 5.84 Å². The largest absolute Gasteiger partial charge is 1.00 e. The Morgan fingerprint density at radius 3 is 2.00 bits per heavy atom. The van der Waals surface area contributed by atoms with Crippen LogP contribution in [-0.4, -0.2) is 24.5 Å². The molecule has 0 fully saturated rings. The predicted octanol–water partition coefficient (Wildman–Crippen LogP) is 1.18. The van der Waals surface area contributed by atoms with Crippen molar-refractivity contribution in [2.45, 2.75) is 78.1 Å². The van der Waals surface area contributed by atoms with Gasteiger partial charge in [-0.15, -0.1) is 0 Å². The van der Waals surface area contributed by atoms with E-state index in [-0.39, 0.29) is 17.0 Å². The van der Waals surface area contributed by atoms with E-state index in [1.165, 1.54) is 57.8 Å². The lowest BCUT2D eigenvalue weighted by molar-refractivity contribution is -0.466. The molecule has 0 rings (SSSR count). The minimum absolute atomic E-state index is 0. The maximum atomic E-state index is 6.01. The Kier molecular flexibility index (Phi) is 16.1. The van der Waals surface area contributed by atoms with Gasteiger partial charge in [-0.25, -0.2) is 0 Å². The van der Waals surface area contributed by atoms with Gasteiger partial charge < -0.3 is 17.0 Å². The average molecular weight is 335 g/mol. The lowest BCUT2D eigenvalue weighted by Gasteiger charge is -2.15. The molecule has 0 aromatic heterocycles. The molecule has 0 aromatic carbocycles. The Morgan fingerprint density at radius 1 is 0.895 bits per heavy atom. The van der Waals surface area contributed by atoms with Crippen molar-refractivity contribution in [3.63, 3.8) is 0 Å². The summed E-state index contributed by atoms with van der Waals surface area (Å²) in [6, 6.07) is 0. The van der Waals surface area contributed by atoms with E-state index in [9.17, 15) is 0 Å². The van der Waals surface area contributed by atoms with Crippen LogP contribution in [0.5, 0.6) is 0 Å². The summed E-state index contributed by atoms with van der Waals surface area (Å²) in [6.45, 7) is 4.57. The fourth-order valence-corrected chi connectivity index (χ4v) is 2.36. The van der Waals surface area contributed by atoms with Gasteiger partial charge in [0.2, 0.25) is 5.84 Å². The van der Waals surface area contributed by atoms with Gasteiger partial charge in [-0.05, 0) is 12.3 Å². The van der Waals surface area contributed by atoms with Crippen molar-refractivity contribution in [3.8, 4) is 0 Å². The van der Waals surface area contributed by atoms with Gasteiger partial charge in [-0.3, -0.25) is 10.3 Å². The van der Waals surface area contributed by atoms with Crippen LogP contribution in [0.2, 0.25) is 0 Å². The minimum atomic E-state index is 0. The molecule has 2 nitrogen and oxygen atoms in total. The fraction of sp³-hybridized carbons (Fsp3) is 0.938. The van der Waals surface area contributed by atoms with Gasteiger partial charge in [-0.2, -0.15) is 0 Å². The van der Waals surface area contributed by atoms with Gasteiger partial charge in [0.15, 0.2) is 0 Å². The second-order valence-electron chi connectivity index (χ2n) is 5.78. The Labute approximate surface area is 131 Å². The molecule has 0 aliphatic carbocycles. The van der Waals surface area contributed by atoms with E-state index in [1.807, 2.05) is 18.7 Å². The minimum Gasteiger partial charge on any atom is -1.00 e. The predicted molar refractivity (Wildman–Crippen MR) is 82.3 cm³/mol.